The van der Waals surface area contributed by atoms with Crippen molar-refractivity contribution in [3.8, 4) is 17.0 Å². The van der Waals surface area contributed by atoms with E-state index in [2.05, 4.69) is 10.3 Å². The summed E-state index contributed by atoms with van der Waals surface area (Å²) in [7, 11) is 1.55. The van der Waals surface area contributed by atoms with E-state index in [1.807, 2.05) is 40.2 Å². The van der Waals surface area contributed by atoms with Gasteiger partial charge in [-0.15, -0.1) is 11.3 Å². The Morgan fingerprint density at radius 1 is 1.21 bits per heavy atom. The number of rotatable bonds is 5. The number of methoxy groups -OCH3 is 1. The molecule has 4 rings (SSSR count). The van der Waals surface area contributed by atoms with Crippen LogP contribution in [0.1, 0.15) is 5.69 Å². The standard InChI is InChI=1S/C20H15Cl2N3O2S/c1-27-18-7-6-14(8-16(18)22)23-19(26)9-15-11-28-20-24-17(10-25(15)20)12-2-4-13(21)5-3-12/h2-8,10-11H,9H2,1H3,(H,23,26). The smallest absolute Gasteiger partial charge is 0.230 e. The number of aromatic nitrogens is 2. The van der Waals surface area contributed by atoms with Crippen LogP contribution >= 0.6 is 34.5 Å². The molecular formula is C20H15Cl2N3O2S. The lowest BCUT2D eigenvalue weighted by Crippen LogP contribution is -2.15. The Hall–Kier alpha value is -2.54. The molecule has 0 aliphatic rings. The van der Waals surface area contributed by atoms with E-state index in [-0.39, 0.29) is 12.3 Å². The predicted octanol–water partition coefficient (Wildman–Crippen LogP) is 5.56. The number of ether oxygens (including phenoxy) is 1. The molecule has 0 aliphatic heterocycles. The highest BCUT2D eigenvalue weighted by atomic mass is 35.5. The molecule has 5 nitrogen and oxygen atoms in total. The number of nitrogens with zero attached hydrogens (tertiary/aromatic N) is 2. The molecule has 0 fully saturated rings. The summed E-state index contributed by atoms with van der Waals surface area (Å²) in [5.74, 6) is 0.426. The van der Waals surface area contributed by atoms with Crippen molar-refractivity contribution in [1.29, 1.82) is 0 Å². The molecule has 0 aliphatic carbocycles. The average Bonchev–Trinajstić information content (AvgIpc) is 3.24. The van der Waals surface area contributed by atoms with E-state index in [9.17, 15) is 4.79 Å². The van der Waals surface area contributed by atoms with Crippen molar-refractivity contribution in [2.45, 2.75) is 6.42 Å². The van der Waals surface area contributed by atoms with Gasteiger partial charge in [0.15, 0.2) is 4.96 Å². The van der Waals surface area contributed by atoms with E-state index in [0.29, 0.717) is 21.5 Å². The molecule has 1 amide bonds. The fourth-order valence-corrected chi connectivity index (χ4v) is 4.09. The molecule has 0 unspecified atom stereocenters. The van der Waals surface area contributed by atoms with E-state index in [1.165, 1.54) is 11.3 Å². The number of benzene rings is 2. The zero-order chi connectivity index (χ0) is 19.7. The van der Waals surface area contributed by atoms with Crippen molar-refractivity contribution >= 4 is 51.1 Å². The van der Waals surface area contributed by atoms with Gasteiger partial charge in [-0.25, -0.2) is 4.98 Å². The molecule has 142 valence electrons. The second-order valence-corrected chi connectivity index (χ2v) is 7.77. The third-order valence-electron chi connectivity index (χ3n) is 4.20. The highest BCUT2D eigenvalue weighted by molar-refractivity contribution is 7.15. The molecule has 0 atom stereocenters. The van der Waals surface area contributed by atoms with E-state index in [4.69, 9.17) is 27.9 Å². The van der Waals surface area contributed by atoms with Crippen LogP contribution in [0.2, 0.25) is 10.0 Å². The number of hydrogen-bond donors (Lipinski definition) is 1. The zero-order valence-corrected chi connectivity index (χ0v) is 17.1. The van der Waals surface area contributed by atoms with E-state index in [0.717, 1.165) is 21.9 Å². The van der Waals surface area contributed by atoms with Gasteiger partial charge in [-0.2, -0.15) is 0 Å². The maximum atomic E-state index is 12.5. The number of carbonyl (C=O) groups is 1. The lowest BCUT2D eigenvalue weighted by Gasteiger charge is -2.08. The molecule has 2 aromatic carbocycles. The van der Waals surface area contributed by atoms with Gasteiger partial charge >= 0.3 is 0 Å². The van der Waals surface area contributed by atoms with Crippen LogP contribution in [0, 0.1) is 0 Å². The number of halogens is 2. The minimum atomic E-state index is -0.136. The van der Waals surface area contributed by atoms with Gasteiger partial charge < -0.3 is 10.1 Å². The second kappa shape index (κ2) is 7.83. The Bertz CT molecular complexity index is 1150. The van der Waals surface area contributed by atoms with Crippen molar-refractivity contribution in [3.63, 3.8) is 0 Å². The lowest BCUT2D eigenvalue weighted by molar-refractivity contribution is -0.115. The largest absolute Gasteiger partial charge is 0.495 e. The molecular weight excluding hydrogens is 417 g/mol. The number of fused-ring (bicyclic) bond motifs is 1. The first kappa shape index (κ1) is 18.8. The summed E-state index contributed by atoms with van der Waals surface area (Å²) < 4.78 is 7.06. The highest BCUT2D eigenvalue weighted by Gasteiger charge is 2.13. The van der Waals surface area contributed by atoms with Crippen molar-refractivity contribution in [2.75, 3.05) is 12.4 Å². The molecule has 0 radical (unpaired) electrons. The molecule has 4 aromatic rings. The lowest BCUT2D eigenvalue weighted by atomic mass is 10.2. The van der Waals surface area contributed by atoms with Crippen LogP contribution in [-0.2, 0) is 11.2 Å². The van der Waals surface area contributed by atoms with Crippen molar-refractivity contribution in [1.82, 2.24) is 9.38 Å². The predicted molar refractivity (Wildman–Crippen MR) is 114 cm³/mol. The second-order valence-electron chi connectivity index (χ2n) is 6.09. The number of hydrogen-bond acceptors (Lipinski definition) is 4. The molecule has 2 aromatic heterocycles. The quantitative estimate of drug-likeness (QED) is 0.449. The van der Waals surface area contributed by atoms with Gasteiger partial charge in [-0.05, 0) is 30.3 Å². The Kier molecular flexibility index (Phi) is 5.26. The Balaban J connectivity index is 1.52. The zero-order valence-electron chi connectivity index (χ0n) is 14.8. The first-order chi connectivity index (χ1) is 13.5. The van der Waals surface area contributed by atoms with Crippen molar-refractivity contribution < 1.29 is 9.53 Å². The minimum absolute atomic E-state index is 0.136. The van der Waals surface area contributed by atoms with Crippen LogP contribution in [0.5, 0.6) is 5.75 Å². The number of nitrogens with one attached hydrogen (secondary N) is 1. The molecule has 0 saturated heterocycles. The van der Waals surface area contributed by atoms with Crippen LogP contribution in [0.15, 0.2) is 54.0 Å². The van der Waals surface area contributed by atoms with Gasteiger partial charge in [0.2, 0.25) is 5.91 Å². The van der Waals surface area contributed by atoms with Gasteiger partial charge in [0.25, 0.3) is 0 Å². The third-order valence-corrected chi connectivity index (χ3v) is 5.64. The first-order valence-corrected chi connectivity index (χ1v) is 10.0. The van der Waals surface area contributed by atoms with Crippen LogP contribution in [0.25, 0.3) is 16.2 Å². The number of imidazole rings is 1. The summed E-state index contributed by atoms with van der Waals surface area (Å²) in [5, 5.41) is 5.92. The van der Waals surface area contributed by atoms with Crippen LogP contribution in [0.3, 0.4) is 0 Å². The van der Waals surface area contributed by atoms with E-state index < -0.39 is 0 Å². The van der Waals surface area contributed by atoms with Gasteiger partial charge in [-0.3, -0.25) is 9.20 Å². The van der Waals surface area contributed by atoms with Crippen LogP contribution in [0.4, 0.5) is 5.69 Å². The fraction of sp³-hybridized carbons (Fsp3) is 0.100. The van der Waals surface area contributed by atoms with E-state index in [1.54, 1.807) is 25.3 Å². The molecule has 0 spiro atoms. The van der Waals surface area contributed by atoms with E-state index >= 15 is 0 Å². The molecule has 2 heterocycles. The monoisotopic (exact) mass is 431 g/mol. The normalized spacial score (nSPS) is 11.0. The van der Waals surface area contributed by atoms with Crippen LogP contribution < -0.4 is 10.1 Å². The van der Waals surface area contributed by atoms with Crippen LogP contribution in [-0.4, -0.2) is 22.4 Å². The Morgan fingerprint density at radius 3 is 2.71 bits per heavy atom. The first-order valence-electron chi connectivity index (χ1n) is 8.38. The summed E-state index contributed by atoms with van der Waals surface area (Å²) in [6, 6.07) is 12.6. The summed E-state index contributed by atoms with van der Waals surface area (Å²) >= 11 is 13.6. The molecule has 0 saturated carbocycles. The third kappa shape index (κ3) is 3.85. The van der Waals surface area contributed by atoms with Gasteiger partial charge in [0, 0.05) is 33.5 Å². The van der Waals surface area contributed by atoms with Crippen molar-refractivity contribution in [3.05, 3.63) is 69.8 Å². The maximum absolute atomic E-state index is 12.5. The molecule has 1 N–H and O–H groups in total. The van der Waals surface area contributed by atoms with Gasteiger partial charge in [-0.1, -0.05) is 35.3 Å². The summed E-state index contributed by atoms with van der Waals surface area (Å²) in [6.45, 7) is 0. The van der Waals surface area contributed by atoms with Gasteiger partial charge in [0.1, 0.15) is 5.75 Å². The highest BCUT2D eigenvalue weighted by Crippen LogP contribution is 2.28. The van der Waals surface area contributed by atoms with Crippen molar-refractivity contribution in [2.24, 2.45) is 0 Å². The topological polar surface area (TPSA) is 55.6 Å². The molecule has 28 heavy (non-hydrogen) atoms. The maximum Gasteiger partial charge on any atom is 0.230 e. The molecule has 8 heteroatoms. The number of anilines is 1. The SMILES string of the molecule is COc1ccc(NC(=O)Cc2csc3nc(-c4ccc(Cl)cc4)cn23)cc1Cl. The Labute approximate surface area is 175 Å². The summed E-state index contributed by atoms with van der Waals surface area (Å²) in [4.78, 5) is 17.9. The molecule has 0 bridgehead atoms. The minimum Gasteiger partial charge on any atom is -0.495 e. The number of carbonyl (C=O) groups excluding carboxylic acids is 1. The van der Waals surface area contributed by atoms with Gasteiger partial charge in [0.05, 0.1) is 24.2 Å². The average molecular weight is 432 g/mol. The number of thiazole rings is 1. The summed E-state index contributed by atoms with van der Waals surface area (Å²) in [6.07, 6.45) is 2.15. The fourth-order valence-electron chi connectivity index (χ4n) is 2.83. The summed E-state index contributed by atoms with van der Waals surface area (Å²) in [5.41, 5.74) is 3.30. The Morgan fingerprint density at radius 2 is 2.00 bits per heavy atom. The number of amides is 1.